The van der Waals surface area contributed by atoms with E-state index in [0.29, 0.717) is 18.3 Å². The Bertz CT molecular complexity index is 555. The number of aliphatic hydroxyl groups is 1. The molecule has 3 N–H and O–H groups in total. The third-order valence-corrected chi connectivity index (χ3v) is 3.35. The van der Waals surface area contributed by atoms with Crippen molar-refractivity contribution in [1.29, 1.82) is 0 Å². The lowest BCUT2D eigenvalue weighted by Crippen LogP contribution is -2.11. The van der Waals surface area contributed by atoms with Crippen molar-refractivity contribution < 1.29 is 5.11 Å². The van der Waals surface area contributed by atoms with Gasteiger partial charge in [-0.25, -0.2) is 9.97 Å². The van der Waals surface area contributed by atoms with Crippen LogP contribution in [0, 0.1) is 0 Å². The van der Waals surface area contributed by atoms with Crippen molar-refractivity contribution in [3.05, 3.63) is 53.3 Å². The van der Waals surface area contributed by atoms with Gasteiger partial charge in [0.2, 0.25) is 5.95 Å². The second-order valence-corrected chi connectivity index (χ2v) is 5.29. The first-order valence-electron chi connectivity index (χ1n) is 6.89. The number of benzene rings is 1. The van der Waals surface area contributed by atoms with Crippen LogP contribution in [0.1, 0.15) is 42.6 Å². The highest BCUT2D eigenvalue weighted by Crippen LogP contribution is 2.21. The molecular weight excluding hydrogens is 250 g/mol. The second kappa shape index (κ2) is 6.48. The van der Waals surface area contributed by atoms with Crippen molar-refractivity contribution in [3.8, 4) is 0 Å². The normalized spacial score (nSPS) is 12.6. The largest absolute Gasteiger partial charge is 0.396 e. The van der Waals surface area contributed by atoms with Crippen LogP contribution in [0.15, 0.2) is 36.4 Å². The minimum Gasteiger partial charge on any atom is -0.396 e. The molecule has 2 rings (SSSR count). The zero-order valence-electron chi connectivity index (χ0n) is 12.0. The fourth-order valence-electron chi connectivity index (χ4n) is 2.21. The minimum atomic E-state index is 0.0329. The van der Waals surface area contributed by atoms with Gasteiger partial charge in [0.15, 0.2) is 0 Å². The molecule has 0 saturated carbocycles. The van der Waals surface area contributed by atoms with Gasteiger partial charge in [0.1, 0.15) is 0 Å². The van der Waals surface area contributed by atoms with Gasteiger partial charge < -0.3 is 10.8 Å². The van der Waals surface area contributed by atoms with Gasteiger partial charge in [0.25, 0.3) is 0 Å². The maximum Gasteiger partial charge on any atom is 0.220 e. The number of nitrogens with zero attached hydrogens (tertiary/aromatic N) is 2. The second-order valence-electron chi connectivity index (χ2n) is 5.29. The maximum absolute atomic E-state index is 9.61. The van der Waals surface area contributed by atoms with E-state index in [2.05, 4.69) is 23.8 Å². The van der Waals surface area contributed by atoms with Crippen LogP contribution in [0.5, 0.6) is 0 Å². The first kappa shape index (κ1) is 14.5. The van der Waals surface area contributed by atoms with Gasteiger partial charge in [0.05, 0.1) is 6.61 Å². The number of nitrogen functional groups attached to an aromatic ring is 1. The van der Waals surface area contributed by atoms with Crippen molar-refractivity contribution >= 4 is 5.95 Å². The molecule has 0 saturated heterocycles. The van der Waals surface area contributed by atoms with E-state index >= 15 is 0 Å². The molecule has 106 valence electrons. The topological polar surface area (TPSA) is 72.0 Å². The number of rotatable bonds is 5. The number of aliphatic hydroxyl groups excluding tert-OH is 1. The fraction of sp³-hybridized carbons (Fsp3) is 0.375. The molecule has 0 aliphatic carbocycles. The van der Waals surface area contributed by atoms with Crippen LogP contribution in [-0.2, 0) is 6.42 Å². The summed E-state index contributed by atoms with van der Waals surface area (Å²) in [6, 6.07) is 11.9. The summed E-state index contributed by atoms with van der Waals surface area (Å²) < 4.78 is 0. The Morgan fingerprint density at radius 1 is 1.15 bits per heavy atom. The zero-order chi connectivity index (χ0) is 14.5. The lowest BCUT2D eigenvalue weighted by molar-refractivity contribution is 0.264. The van der Waals surface area contributed by atoms with E-state index in [1.54, 1.807) is 0 Å². The van der Waals surface area contributed by atoms with E-state index in [-0.39, 0.29) is 12.5 Å². The summed E-state index contributed by atoms with van der Waals surface area (Å²) in [5, 5.41) is 9.61. The van der Waals surface area contributed by atoms with E-state index in [1.807, 2.05) is 36.4 Å². The predicted octanol–water partition coefficient (Wildman–Crippen LogP) is 2.50. The fourth-order valence-corrected chi connectivity index (χ4v) is 2.21. The molecule has 4 heteroatoms. The molecule has 1 aromatic heterocycles. The van der Waals surface area contributed by atoms with E-state index < -0.39 is 0 Å². The summed E-state index contributed by atoms with van der Waals surface area (Å²) in [5.41, 5.74) is 8.70. The number of hydrogen-bond donors (Lipinski definition) is 2. The monoisotopic (exact) mass is 271 g/mol. The first-order valence-corrected chi connectivity index (χ1v) is 6.89. The molecule has 1 aromatic carbocycles. The van der Waals surface area contributed by atoms with Crippen molar-refractivity contribution in [2.24, 2.45) is 0 Å². The average molecular weight is 271 g/mol. The Balaban J connectivity index is 2.24. The molecule has 20 heavy (non-hydrogen) atoms. The van der Waals surface area contributed by atoms with Crippen LogP contribution in [0.25, 0.3) is 0 Å². The highest BCUT2D eigenvalue weighted by Gasteiger charge is 2.14. The molecule has 0 fully saturated rings. The van der Waals surface area contributed by atoms with E-state index in [1.165, 1.54) is 0 Å². The summed E-state index contributed by atoms with van der Waals surface area (Å²) in [6.07, 6.45) is 0.660. The molecule has 0 aliphatic rings. The third-order valence-electron chi connectivity index (χ3n) is 3.35. The van der Waals surface area contributed by atoms with Crippen LogP contribution in [0.4, 0.5) is 5.95 Å². The number of nitrogens with two attached hydrogens (primary N) is 1. The average Bonchev–Trinajstić information content (AvgIpc) is 2.45. The van der Waals surface area contributed by atoms with Crippen LogP contribution in [-0.4, -0.2) is 21.7 Å². The van der Waals surface area contributed by atoms with E-state index in [4.69, 9.17) is 5.73 Å². The minimum absolute atomic E-state index is 0.0329. The maximum atomic E-state index is 9.61. The lowest BCUT2D eigenvalue weighted by atomic mass is 9.94. The summed E-state index contributed by atoms with van der Waals surface area (Å²) >= 11 is 0. The highest BCUT2D eigenvalue weighted by molar-refractivity contribution is 5.27. The molecule has 2 aromatic rings. The molecular formula is C16H21N3O. The van der Waals surface area contributed by atoms with E-state index in [9.17, 15) is 5.11 Å². The van der Waals surface area contributed by atoms with Crippen LogP contribution in [0.2, 0.25) is 0 Å². The molecule has 0 radical (unpaired) electrons. The lowest BCUT2D eigenvalue weighted by Gasteiger charge is -2.15. The van der Waals surface area contributed by atoms with Gasteiger partial charge in [-0.2, -0.15) is 0 Å². The van der Waals surface area contributed by atoms with Crippen LogP contribution in [0.3, 0.4) is 0 Å². The number of anilines is 1. The number of hydrogen-bond acceptors (Lipinski definition) is 4. The van der Waals surface area contributed by atoms with Gasteiger partial charge >= 0.3 is 0 Å². The summed E-state index contributed by atoms with van der Waals surface area (Å²) in [4.78, 5) is 8.53. The molecule has 0 spiro atoms. The molecule has 0 aliphatic heterocycles. The van der Waals surface area contributed by atoms with Crippen molar-refractivity contribution in [1.82, 2.24) is 9.97 Å². The molecule has 4 nitrogen and oxygen atoms in total. The highest BCUT2D eigenvalue weighted by atomic mass is 16.3. The molecule has 0 bridgehead atoms. The SMILES string of the molecule is CC(C)c1cc(C[C@@H](CO)c2ccccc2)nc(N)n1. The third kappa shape index (κ3) is 3.54. The van der Waals surface area contributed by atoms with Crippen LogP contribution >= 0.6 is 0 Å². The van der Waals surface area contributed by atoms with Gasteiger partial charge in [0, 0.05) is 17.3 Å². The Morgan fingerprint density at radius 3 is 2.45 bits per heavy atom. The molecule has 0 unspecified atom stereocenters. The van der Waals surface area contributed by atoms with Gasteiger partial charge in [-0.05, 0) is 24.0 Å². The van der Waals surface area contributed by atoms with Gasteiger partial charge in [-0.15, -0.1) is 0 Å². The van der Waals surface area contributed by atoms with Crippen molar-refractivity contribution in [2.75, 3.05) is 12.3 Å². The van der Waals surface area contributed by atoms with E-state index in [0.717, 1.165) is 17.0 Å². The molecule has 1 atom stereocenters. The molecule has 0 amide bonds. The zero-order valence-corrected chi connectivity index (χ0v) is 12.0. The smallest absolute Gasteiger partial charge is 0.220 e. The molecule has 1 heterocycles. The standard InChI is InChI=1S/C16H21N3O/c1-11(2)15-9-14(18-16(17)19-15)8-13(10-20)12-6-4-3-5-7-12/h3-7,9,11,13,20H,8,10H2,1-2H3,(H2,17,18,19)/t13-/m0/s1. The van der Waals surface area contributed by atoms with Crippen LogP contribution < -0.4 is 5.73 Å². The quantitative estimate of drug-likeness (QED) is 0.876. The Kier molecular flexibility index (Phi) is 4.69. The number of aromatic nitrogens is 2. The van der Waals surface area contributed by atoms with Gasteiger partial charge in [-0.1, -0.05) is 44.2 Å². The van der Waals surface area contributed by atoms with Crippen molar-refractivity contribution in [3.63, 3.8) is 0 Å². The summed E-state index contributed by atoms with van der Waals surface area (Å²) in [6.45, 7) is 4.24. The Labute approximate surface area is 119 Å². The van der Waals surface area contributed by atoms with Gasteiger partial charge in [-0.3, -0.25) is 0 Å². The Morgan fingerprint density at radius 2 is 1.85 bits per heavy atom. The Hall–Kier alpha value is -1.94. The summed E-state index contributed by atoms with van der Waals surface area (Å²) in [5.74, 6) is 0.643. The first-order chi connectivity index (χ1) is 9.60. The predicted molar refractivity (Wildman–Crippen MR) is 80.5 cm³/mol. The summed E-state index contributed by atoms with van der Waals surface area (Å²) in [7, 11) is 0. The van der Waals surface area contributed by atoms with Crippen molar-refractivity contribution in [2.45, 2.75) is 32.1 Å².